The van der Waals surface area contributed by atoms with Crippen molar-refractivity contribution in [3.05, 3.63) is 59.8 Å². The summed E-state index contributed by atoms with van der Waals surface area (Å²) in [5.74, 6) is -0.477. The molecule has 1 aromatic carbocycles. The summed E-state index contributed by atoms with van der Waals surface area (Å²) < 4.78 is 15.0. The van der Waals surface area contributed by atoms with Gasteiger partial charge in [0.25, 0.3) is 0 Å². The summed E-state index contributed by atoms with van der Waals surface area (Å²) in [4.78, 5) is 1.28. The number of nitrogens with zero attached hydrogens (tertiary/aromatic N) is 6. The molecule has 32 heavy (non-hydrogen) atoms. The Kier molecular flexibility index (Phi) is 6.75. The van der Waals surface area contributed by atoms with Gasteiger partial charge in [-0.25, -0.2) is 8.91 Å². The van der Waals surface area contributed by atoms with Gasteiger partial charge in [0.15, 0.2) is 0 Å². The van der Waals surface area contributed by atoms with Crippen molar-refractivity contribution >= 4 is 17.3 Å². The quantitative estimate of drug-likeness (QED) is 0.490. The van der Waals surface area contributed by atoms with Gasteiger partial charge in [-0.3, -0.25) is 0 Å². The fourth-order valence-electron chi connectivity index (χ4n) is 3.32. The molecule has 2 N–H and O–H groups in total. The number of benzene rings is 1. The fraction of sp³-hybridized carbons (Fsp3) is 0.227. The van der Waals surface area contributed by atoms with E-state index in [4.69, 9.17) is 0 Å². The maximum atomic E-state index is 13.4. The van der Waals surface area contributed by atoms with Gasteiger partial charge in [-0.2, -0.15) is 31.0 Å². The SMILES string of the molecule is C1CCNCC1.N#Cc1cc(F)ccc1Sc1cc(-c2cn[nH]n2)cn2ncc(C#N)c12. The van der Waals surface area contributed by atoms with Gasteiger partial charge in [0.1, 0.15) is 23.6 Å². The van der Waals surface area contributed by atoms with Crippen LogP contribution in [0.15, 0.2) is 52.6 Å². The van der Waals surface area contributed by atoms with Gasteiger partial charge in [0.05, 0.1) is 29.0 Å². The minimum Gasteiger partial charge on any atom is -0.317 e. The normalized spacial score (nSPS) is 13.1. The third kappa shape index (κ3) is 4.78. The molecule has 1 aliphatic heterocycles. The number of hydrogen-bond donors (Lipinski definition) is 2. The van der Waals surface area contributed by atoms with E-state index < -0.39 is 5.82 Å². The van der Waals surface area contributed by atoms with Crippen LogP contribution in [-0.2, 0) is 0 Å². The van der Waals surface area contributed by atoms with E-state index >= 15 is 0 Å². The molecule has 160 valence electrons. The summed E-state index contributed by atoms with van der Waals surface area (Å²) in [5, 5.41) is 36.6. The zero-order chi connectivity index (χ0) is 22.3. The van der Waals surface area contributed by atoms with E-state index in [0.717, 1.165) is 5.56 Å². The number of H-pyrrole nitrogens is 1. The Morgan fingerprint density at radius 2 is 1.81 bits per heavy atom. The van der Waals surface area contributed by atoms with Gasteiger partial charge in [0.2, 0.25) is 0 Å². The summed E-state index contributed by atoms with van der Waals surface area (Å²) in [6, 6.07) is 9.96. The number of piperidine rings is 1. The Morgan fingerprint density at radius 1 is 1.00 bits per heavy atom. The predicted octanol–water partition coefficient (Wildman–Crippen LogP) is 3.91. The van der Waals surface area contributed by atoms with Crippen molar-refractivity contribution in [3.8, 4) is 23.4 Å². The van der Waals surface area contributed by atoms with Gasteiger partial charge < -0.3 is 5.32 Å². The summed E-state index contributed by atoms with van der Waals surface area (Å²) in [6.07, 6.45) is 9.01. The van der Waals surface area contributed by atoms with Gasteiger partial charge in [-0.15, -0.1) is 0 Å². The molecule has 0 unspecified atom stereocenters. The Morgan fingerprint density at radius 3 is 2.44 bits per heavy atom. The molecule has 10 heteroatoms. The number of aromatic nitrogens is 5. The third-order valence-corrected chi connectivity index (χ3v) is 6.00. The highest BCUT2D eigenvalue weighted by atomic mass is 32.2. The van der Waals surface area contributed by atoms with Crippen LogP contribution >= 0.6 is 11.8 Å². The molecular weight excluding hydrogens is 427 g/mol. The van der Waals surface area contributed by atoms with Gasteiger partial charge in [-0.05, 0) is 50.2 Å². The average molecular weight is 447 g/mol. The number of aromatic amines is 1. The lowest BCUT2D eigenvalue weighted by Crippen LogP contribution is -2.21. The van der Waals surface area contributed by atoms with Crippen LogP contribution in [0.3, 0.4) is 0 Å². The second-order valence-corrected chi connectivity index (χ2v) is 8.16. The van der Waals surface area contributed by atoms with E-state index in [0.29, 0.717) is 26.6 Å². The second-order valence-electron chi connectivity index (χ2n) is 7.08. The monoisotopic (exact) mass is 446 g/mol. The lowest BCUT2D eigenvalue weighted by molar-refractivity contribution is 0.520. The molecule has 8 nitrogen and oxygen atoms in total. The average Bonchev–Trinajstić information content (AvgIpc) is 3.52. The number of rotatable bonds is 3. The van der Waals surface area contributed by atoms with E-state index in [1.165, 1.54) is 62.4 Å². The summed E-state index contributed by atoms with van der Waals surface area (Å²) >= 11 is 1.26. The number of hydrogen-bond acceptors (Lipinski definition) is 7. The minimum atomic E-state index is -0.477. The Bertz CT molecular complexity index is 1280. The zero-order valence-corrected chi connectivity index (χ0v) is 17.9. The molecule has 0 atom stereocenters. The number of halogens is 1. The first kappa shape index (κ1) is 21.5. The molecule has 1 saturated heterocycles. The molecule has 0 saturated carbocycles. The van der Waals surface area contributed by atoms with Crippen LogP contribution in [0.25, 0.3) is 16.8 Å². The zero-order valence-electron chi connectivity index (χ0n) is 17.0. The first-order valence-electron chi connectivity index (χ1n) is 10.1. The van der Waals surface area contributed by atoms with Crippen molar-refractivity contribution in [1.82, 2.24) is 30.3 Å². The molecule has 4 aromatic rings. The summed E-state index contributed by atoms with van der Waals surface area (Å²) in [5.41, 5.74) is 2.58. The molecule has 4 heterocycles. The maximum Gasteiger partial charge on any atom is 0.124 e. The van der Waals surface area contributed by atoms with Crippen molar-refractivity contribution in [2.24, 2.45) is 0 Å². The number of pyridine rings is 1. The van der Waals surface area contributed by atoms with E-state index in [2.05, 4.69) is 31.9 Å². The predicted molar refractivity (Wildman–Crippen MR) is 117 cm³/mol. The topological polar surface area (TPSA) is 118 Å². The van der Waals surface area contributed by atoms with Crippen LogP contribution in [0.4, 0.5) is 4.39 Å². The van der Waals surface area contributed by atoms with Crippen molar-refractivity contribution in [3.63, 3.8) is 0 Å². The van der Waals surface area contributed by atoms with Crippen molar-refractivity contribution in [2.45, 2.75) is 29.1 Å². The molecule has 0 radical (unpaired) electrons. The highest BCUT2D eigenvalue weighted by Crippen LogP contribution is 2.36. The minimum absolute atomic E-state index is 0.220. The summed E-state index contributed by atoms with van der Waals surface area (Å²) in [6.45, 7) is 2.50. The van der Waals surface area contributed by atoms with Crippen LogP contribution in [0.2, 0.25) is 0 Å². The van der Waals surface area contributed by atoms with Crippen LogP contribution in [0.5, 0.6) is 0 Å². The molecule has 0 amide bonds. The second kappa shape index (κ2) is 10.1. The standard InChI is InChI=1S/C17H8FN7S.C5H11N/c18-13-1-2-15(10(3-13)5-19)26-16-4-11(14-8-21-24-23-14)9-25-17(16)12(6-20)7-22-25;1-2-4-6-5-3-1/h1-4,7-9H,(H,21,23,24);6H,1-5H2. The van der Waals surface area contributed by atoms with Crippen LogP contribution in [0.1, 0.15) is 30.4 Å². The van der Waals surface area contributed by atoms with Gasteiger partial charge >= 0.3 is 0 Å². The Labute approximate surface area is 188 Å². The van der Waals surface area contributed by atoms with Crippen molar-refractivity contribution in [2.75, 3.05) is 13.1 Å². The molecule has 0 bridgehead atoms. The van der Waals surface area contributed by atoms with Crippen LogP contribution in [-0.4, -0.2) is 38.1 Å². The van der Waals surface area contributed by atoms with Crippen molar-refractivity contribution < 1.29 is 4.39 Å². The molecule has 1 aliphatic rings. The lowest BCUT2D eigenvalue weighted by Gasteiger charge is -2.08. The van der Waals surface area contributed by atoms with E-state index in [-0.39, 0.29) is 5.56 Å². The molecule has 3 aromatic heterocycles. The molecular formula is C22H19FN8S. The van der Waals surface area contributed by atoms with Crippen LogP contribution < -0.4 is 5.32 Å². The number of fused-ring (bicyclic) bond motifs is 1. The third-order valence-electron chi connectivity index (χ3n) is 4.90. The number of nitriles is 2. The van der Waals surface area contributed by atoms with Gasteiger partial charge in [0, 0.05) is 21.6 Å². The maximum absolute atomic E-state index is 13.4. The molecule has 1 fully saturated rings. The van der Waals surface area contributed by atoms with Gasteiger partial charge in [-0.1, -0.05) is 18.2 Å². The van der Waals surface area contributed by atoms with E-state index in [1.54, 1.807) is 23.0 Å². The molecule has 5 rings (SSSR count). The van der Waals surface area contributed by atoms with E-state index in [9.17, 15) is 14.9 Å². The Hall–Kier alpha value is -3.73. The van der Waals surface area contributed by atoms with Crippen LogP contribution in [0, 0.1) is 28.5 Å². The first-order valence-corrected chi connectivity index (χ1v) is 10.9. The molecule has 0 spiro atoms. The fourth-order valence-corrected chi connectivity index (χ4v) is 4.40. The lowest BCUT2D eigenvalue weighted by atomic mass is 10.2. The largest absolute Gasteiger partial charge is 0.317 e. The first-order chi connectivity index (χ1) is 15.7. The highest BCUT2D eigenvalue weighted by molar-refractivity contribution is 7.99. The highest BCUT2D eigenvalue weighted by Gasteiger charge is 2.16. The molecule has 0 aliphatic carbocycles. The smallest absolute Gasteiger partial charge is 0.124 e. The van der Waals surface area contributed by atoms with E-state index in [1.807, 2.05) is 12.1 Å². The Balaban J connectivity index is 0.000000354. The number of nitrogens with one attached hydrogen (secondary N) is 2. The summed E-state index contributed by atoms with van der Waals surface area (Å²) in [7, 11) is 0. The van der Waals surface area contributed by atoms with Crippen molar-refractivity contribution in [1.29, 1.82) is 10.5 Å².